The van der Waals surface area contributed by atoms with Gasteiger partial charge in [-0.05, 0) is 74.9 Å². The zero-order valence-electron chi connectivity index (χ0n) is 23.4. The number of methoxy groups -OCH3 is 1. The molecule has 0 fully saturated rings. The van der Waals surface area contributed by atoms with E-state index in [1.165, 1.54) is 0 Å². The molecule has 0 bridgehead atoms. The Morgan fingerprint density at radius 3 is 2.55 bits per heavy atom. The van der Waals surface area contributed by atoms with Crippen LogP contribution in [-0.2, 0) is 4.74 Å². The first-order valence-corrected chi connectivity index (χ1v) is 13.2. The van der Waals surface area contributed by atoms with Crippen molar-refractivity contribution in [2.24, 2.45) is 5.92 Å². The number of fused-ring (bicyclic) bond motifs is 1. The predicted molar refractivity (Wildman–Crippen MR) is 147 cm³/mol. The van der Waals surface area contributed by atoms with E-state index in [4.69, 9.17) is 14.2 Å². The molecule has 8 heteroatoms. The second-order valence-corrected chi connectivity index (χ2v) is 10.6. The first-order chi connectivity index (χ1) is 18.1. The lowest BCUT2D eigenvalue weighted by Crippen LogP contribution is -2.31. The van der Waals surface area contributed by atoms with Gasteiger partial charge in [-0.3, -0.25) is 9.89 Å². The molecule has 1 unspecified atom stereocenters. The number of nitrogens with zero attached hydrogens (tertiary/aromatic N) is 2. The second kappa shape index (κ2) is 11.5. The molecule has 1 aliphatic heterocycles. The second-order valence-electron chi connectivity index (χ2n) is 10.6. The highest BCUT2D eigenvalue weighted by molar-refractivity contribution is 6.00. The zero-order valence-corrected chi connectivity index (χ0v) is 23.4. The van der Waals surface area contributed by atoms with Gasteiger partial charge >= 0.3 is 0 Å². The number of ether oxygens (including phenoxy) is 3. The Hall–Kier alpha value is -3.52. The molecule has 0 radical (unpaired) electrons. The molecule has 2 N–H and O–H groups in total. The summed E-state index contributed by atoms with van der Waals surface area (Å²) in [4.78, 5) is 15.5. The Kier molecular flexibility index (Phi) is 8.31. The summed E-state index contributed by atoms with van der Waals surface area (Å²) in [6.07, 6.45) is 0.813. The fourth-order valence-corrected chi connectivity index (χ4v) is 4.90. The Morgan fingerprint density at radius 1 is 1.11 bits per heavy atom. The third-order valence-electron chi connectivity index (χ3n) is 6.63. The van der Waals surface area contributed by atoms with E-state index in [1.54, 1.807) is 7.11 Å². The summed E-state index contributed by atoms with van der Waals surface area (Å²) >= 11 is 0. The van der Waals surface area contributed by atoms with E-state index in [-0.39, 0.29) is 17.8 Å². The summed E-state index contributed by atoms with van der Waals surface area (Å²) in [5.74, 6) is 1.67. The maximum Gasteiger partial charge on any atom is 0.273 e. The summed E-state index contributed by atoms with van der Waals surface area (Å²) in [6, 6.07) is 9.21. The largest absolute Gasteiger partial charge is 0.507 e. The number of hydrogen-bond acceptors (Lipinski definition) is 6. The SMILES string of the molecule is COc1cc(C2c3c(-c4cc(C)cc(C)c4O)n[nH]c3C(=O)N2CCCOC(C)C)ccc1OCC(C)C. The number of aromatic nitrogens is 2. The molecule has 204 valence electrons. The molecule has 1 aliphatic rings. The van der Waals surface area contributed by atoms with Gasteiger partial charge in [0.25, 0.3) is 5.91 Å². The molecular weight excluding hydrogens is 482 g/mol. The fourth-order valence-electron chi connectivity index (χ4n) is 4.90. The highest BCUT2D eigenvalue weighted by Gasteiger charge is 2.42. The summed E-state index contributed by atoms with van der Waals surface area (Å²) in [5, 5.41) is 18.5. The van der Waals surface area contributed by atoms with Crippen molar-refractivity contribution in [3.05, 3.63) is 58.3 Å². The van der Waals surface area contributed by atoms with E-state index >= 15 is 0 Å². The van der Waals surface area contributed by atoms with Gasteiger partial charge in [-0.15, -0.1) is 0 Å². The predicted octanol–water partition coefficient (Wildman–Crippen LogP) is 5.80. The maximum absolute atomic E-state index is 13.7. The molecule has 1 atom stereocenters. The minimum absolute atomic E-state index is 0.124. The van der Waals surface area contributed by atoms with Crippen molar-refractivity contribution in [3.8, 4) is 28.5 Å². The Labute approximate surface area is 224 Å². The lowest BCUT2D eigenvalue weighted by Gasteiger charge is -2.27. The lowest BCUT2D eigenvalue weighted by molar-refractivity contribution is 0.0601. The summed E-state index contributed by atoms with van der Waals surface area (Å²) in [7, 11) is 1.62. The van der Waals surface area contributed by atoms with Crippen LogP contribution in [0.5, 0.6) is 17.2 Å². The Bertz CT molecular complexity index is 1300. The molecule has 3 aromatic rings. The Balaban J connectivity index is 1.80. The fraction of sp³-hybridized carbons (Fsp3) is 0.467. The van der Waals surface area contributed by atoms with Gasteiger partial charge in [0.05, 0.1) is 25.9 Å². The summed E-state index contributed by atoms with van der Waals surface area (Å²) in [5.41, 5.74) is 5.00. The van der Waals surface area contributed by atoms with Gasteiger partial charge in [-0.25, -0.2) is 0 Å². The number of rotatable bonds is 11. The molecule has 0 saturated heterocycles. The average Bonchev–Trinajstić information content (AvgIpc) is 3.41. The first-order valence-electron chi connectivity index (χ1n) is 13.2. The summed E-state index contributed by atoms with van der Waals surface area (Å²) < 4.78 is 17.4. The molecule has 0 spiro atoms. The van der Waals surface area contributed by atoms with E-state index < -0.39 is 6.04 Å². The molecule has 2 heterocycles. The molecule has 38 heavy (non-hydrogen) atoms. The van der Waals surface area contributed by atoms with Crippen LogP contribution in [0.25, 0.3) is 11.3 Å². The first kappa shape index (κ1) is 27.5. The van der Waals surface area contributed by atoms with Crippen LogP contribution in [0.15, 0.2) is 30.3 Å². The third-order valence-corrected chi connectivity index (χ3v) is 6.63. The highest BCUT2D eigenvalue weighted by atomic mass is 16.5. The van der Waals surface area contributed by atoms with Gasteiger partial charge in [0.2, 0.25) is 0 Å². The van der Waals surface area contributed by atoms with Crippen molar-refractivity contribution in [2.75, 3.05) is 26.9 Å². The highest BCUT2D eigenvalue weighted by Crippen LogP contribution is 2.46. The number of nitrogens with one attached hydrogen (secondary N) is 1. The smallest absolute Gasteiger partial charge is 0.273 e. The van der Waals surface area contributed by atoms with Crippen molar-refractivity contribution in [1.82, 2.24) is 15.1 Å². The average molecular weight is 522 g/mol. The number of hydrogen-bond donors (Lipinski definition) is 2. The molecule has 4 rings (SSSR count). The van der Waals surface area contributed by atoms with Crippen molar-refractivity contribution in [3.63, 3.8) is 0 Å². The summed E-state index contributed by atoms with van der Waals surface area (Å²) in [6.45, 7) is 13.7. The topological polar surface area (TPSA) is 96.9 Å². The number of carbonyl (C=O) groups is 1. The van der Waals surface area contributed by atoms with E-state index in [0.29, 0.717) is 60.5 Å². The van der Waals surface area contributed by atoms with Crippen LogP contribution >= 0.6 is 0 Å². The number of aromatic hydroxyl groups is 1. The van der Waals surface area contributed by atoms with Crippen molar-refractivity contribution in [2.45, 2.75) is 60.1 Å². The van der Waals surface area contributed by atoms with Crippen molar-refractivity contribution < 1.29 is 24.1 Å². The standard InChI is InChI=1S/C30H39N3O5/c1-17(2)16-38-23-10-9-21(15-24(23)36-7)28-25-26(22-14-19(5)13-20(6)29(22)34)31-32-27(25)30(35)33(28)11-8-12-37-18(3)4/h9-10,13-15,17-18,28,34H,8,11-12,16H2,1-7H3,(H,31,32). The van der Waals surface area contributed by atoms with Crippen LogP contribution in [0.1, 0.15) is 72.9 Å². The van der Waals surface area contributed by atoms with E-state index in [2.05, 4.69) is 24.0 Å². The molecular formula is C30H39N3O5. The minimum atomic E-state index is -0.418. The van der Waals surface area contributed by atoms with Gasteiger partial charge in [-0.1, -0.05) is 26.0 Å². The van der Waals surface area contributed by atoms with Crippen LogP contribution in [-0.4, -0.2) is 59.1 Å². The molecule has 8 nitrogen and oxygen atoms in total. The Morgan fingerprint density at radius 2 is 1.87 bits per heavy atom. The number of amides is 1. The minimum Gasteiger partial charge on any atom is -0.507 e. The van der Waals surface area contributed by atoms with Crippen molar-refractivity contribution >= 4 is 5.91 Å². The van der Waals surface area contributed by atoms with Gasteiger partial charge in [0.1, 0.15) is 17.1 Å². The number of phenols is 1. The van der Waals surface area contributed by atoms with Crippen LogP contribution in [0.2, 0.25) is 0 Å². The van der Waals surface area contributed by atoms with Gasteiger partial charge < -0.3 is 24.2 Å². The molecule has 0 aliphatic carbocycles. The number of aryl methyl sites for hydroxylation is 2. The number of benzene rings is 2. The zero-order chi connectivity index (χ0) is 27.6. The van der Waals surface area contributed by atoms with Gasteiger partial charge in [0, 0.05) is 24.3 Å². The number of aromatic amines is 1. The number of phenolic OH excluding ortho intramolecular Hbond substituents is 1. The van der Waals surface area contributed by atoms with E-state index in [1.807, 2.05) is 62.9 Å². The molecule has 1 amide bonds. The number of H-pyrrole nitrogens is 1. The van der Waals surface area contributed by atoms with E-state index in [9.17, 15) is 9.90 Å². The lowest BCUT2D eigenvalue weighted by atomic mass is 9.94. The van der Waals surface area contributed by atoms with Gasteiger partial charge in [-0.2, -0.15) is 5.10 Å². The van der Waals surface area contributed by atoms with E-state index in [0.717, 1.165) is 22.3 Å². The molecule has 0 saturated carbocycles. The maximum atomic E-state index is 13.7. The number of carbonyl (C=O) groups excluding carboxylic acids is 1. The normalized spacial score (nSPS) is 15.0. The van der Waals surface area contributed by atoms with Crippen LogP contribution in [0.4, 0.5) is 0 Å². The molecule has 1 aromatic heterocycles. The monoisotopic (exact) mass is 521 g/mol. The molecule has 2 aromatic carbocycles. The van der Waals surface area contributed by atoms with Crippen molar-refractivity contribution in [1.29, 1.82) is 0 Å². The quantitative estimate of drug-likeness (QED) is 0.310. The van der Waals surface area contributed by atoms with Crippen LogP contribution in [0.3, 0.4) is 0 Å². The third kappa shape index (κ3) is 5.50. The van der Waals surface area contributed by atoms with Crippen LogP contribution in [0, 0.1) is 19.8 Å². The van der Waals surface area contributed by atoms with Crippen LogP contribution < -0.4 is 9.47 Å². The van der Waals surface area contributed by atoms with Gasteiger partial charge in [0.15, 0.2) is 11.5 Å².